The topological polar surface area (TPSA) is 44.1 Å². The summed E-state index contributed by atoms with van der Waals surface area (Å²) >= 11 is 2.08. The number of hydrazine groups is 1. The molecule has 0 bridgehead atoms. The van der Waals surface area contributed by atoms with Crippen molar-refractivity contribution in [3.05, 3.63) is 24.2 Å². The molecule has 7 heteroatoms. The lowest BCUT2D eigenvalue weighted by Crippen LogP contribution is -2.76. The van der Waals surface area contributed by atoms with Crippen molar-refractivity contribution in [1.82, 2.24) is 20.2 Å². The monoisotopic (exact) mass is 406 g/mol. The molecule has 1 aromatic heterocycles. The fourth-order valence-corrected chi connectivity index (χ4v) is 7.20. The third-order valence-electron chi connectivity index (χ3n) is 6.89. The molecule has 4 saturated heterocycles. The van der Waals surface area contributed by atoms with E-state index < -0.39 is 0 Å². The standard InChI is InChI=1S/C21H34N4O2S/c1-2-10-23(11-3-1)21(19-7-5-16-27-19)20(18-6-4-15-26-18)28-17-14-25(21)24-12-8-22-9-13-24/h4,6,15,19-20,22H,1-3,5,7-14,16-17H2. The number of furan rings is 1. The van der Waals surface area contributed by atoms with Gasteiger partial charge in [-0.3, -0.25) is 4.90 Å². The van der Waals surface area contributed by atoms with E-state index in [1.165, 1.54) is 38.8 Å². The van der Waals surface area contributed by atoms with E-state index in [2.05, 4.69) is 44.1 Å². The van der Waals surface area contributed by atoms with E-state index in [1.54, 1.807) is 0 Å². The van der Waals surface area contributed by atoms with E-state index in [0.29, 0.717) is 0 Å². The van der Waals surface area contributed by atoms with Crippen molar-refractivity contribution in [1.29, 1.82) is 0 Å². The van der Waals surface area contributed by atoms with Crippen LogP contribution in [0, 0.1) is 0 Å². The molecule has 156 valence electrons. The minimum atomic E-state index is -0.144. The van der Waals surface area contributed by atoms with Crippen molar-refractivity contribution in [3.63, 3.8) is 0 Å². The molecule has 6 nitrogen and oxygen atoms in total. The van der Waals surface area contributed by atoms with Crippen LogP contribution in [0.4, 0.5) is 0 Å². The lowest BCUT2D eigenvalue weighted by atomic mass is 9.88. The second kappa shape index (κ2) is 8.66. The van der Waals surface area contributed by atoms with Gasteiger partial charge in [0.15, 0.2) is 0 Å². The Morgan fingerprint density at radius 3 is 2.61 bits per heavy atom. The normalized spacial score (nSPS) is 36.7. The number of hydrogen-bond acceptors (Lipinski definition) is 7. The predicted octanol–water partition coefficient (Wildman–Crippen LogP) is 2.55. The van der Waals surface area contributed by atoms with Gasteiger partial charge in [-0.05, 0) is 37.8 Å². The van der Waals surface area contributed by atoms with Crippen molar-refractivity contribution >= 4 is 11.8 Å². The van der Waals surface area contributed by atoms with Crippen LogP contribution in [-0.2, 0) is 4.74 Å². The van der Waals surface area contributed by atoms with Crippen LogP contribution in [0.15, 0.2) is 22.8 Å². The molecule has 4 aliphatic heterocycles. The smallest absolute Gasteiger partial charge is 0.133 e. The van der Waals surface area contributed by atoms with Gasteiger partial charge in [0.1, 0.15) is 11.4 Å². The summed E-state index contributed by atoms with van der Waals surface area (Å²) in [6, 6.07) is 4.24. The fourth-order valence-electron chi connectivity index (χ4n) is 5.72. The molecule has 4 aliphatic rings. The van der Waals surface area contributed by atoms with Crippen LogP contribution in [0.1, 0.15) is 43.1 Å². The van der Waals surface area contributed by atoms with Crippen LogP contribution in [0.2, 0.25) is 0 Å². The van der Waals surface area contributed by atoms with Gasteiger partial charge in [0.05, 0.1) is 17.6 Å². The highest BCUT2D eigenvalue weighted by Gasteiger charge is 2.60. The van der Waals surface area contributed by atoms with Crippen molar-refractivity contribution in [2.45, 2.75) is 49.1 Å². The van der Waals surface area contributed by atoms with Crippen LogP contribution in [0.3, 0.4) is 0 Å². The van der Waals surface area contributed by atoms with Gasteiger partial charge in [-0.2, -0.15) is 0 Å². The zero-order chi connectivity index (χ0) is 18.8. The Morgan fingerprint density at radius 1 is 1.04 bits per heavy atom. The Morgan fingerprint density at radius 2 is 1.89 bits per heavy atom. The van der Waals surface area contributed by atoms with Gasteiger partial charge >= 0.3 is 0 Å². The van der Waals surface area contributed by atoms with E-state index in [9.17, 15) is 0 Å². The van der Waals surface area contributed by atoms with Crippen molar-refractivity contribution < 1.29 is 9.15 Å². The van der Waals surface area contributed by atoms with Gasteiger partial charge < -0.3 is 14.5 Å². The van der Waals surface area contributed by atoms with Gasteiger partial charge in [0.2, 0.25) is 0 Å². The van der Waals surface area contributed by atoms with Crippen LogP contribution in [0.5, 0.6) is 0 Å². The Bertz CT molecular complexity index is 612. The number of piperazine rings is 1. The zero-order valence-electron chi connectivity index (χ0n) is 16.9. The first-order valence-electron chi connectivity index (χ1n) is 11.2. The van der Waals surface area contributed by atoms with Crippen molar-refractivity contribution in [3.8, 4) is 0 Å². The molecule has 0 saturated carbocycles. The molecule has 4 fully saturated rings. The average Bonchev–Trinajstić information content (AvgIpc) is 3.49. The third-order valence-corrected chi connectivity index (χ3v) is 8.22. The fraction of sp³-hybridized carbons (Fsp3) is 0.810. The summed E-state index contributed by atoms with van der Waals surface area (Å²) in [6.45, 7) is 8.62. The number of rotatable bonds is 4. The lowest BCUT2D eigenvalue weighted by Gasteiger charge is -2.62. The van der Waals surface area contributed by atoms with Crippen molar-refractivity contribution in [2.24, 2.45) is 0 Å². The van der Waals surface area contributed by atoms with Gasteiger partial charge in [-0.25, -0.2) is 10.0 Å². The second-order valence-corrected chi connectivity index (χ2v) is 9.64. The lowest BCUT2D eigenvalue weighted by molar-refractivity contribution is -0.231. The number of ether oxygens (including phenoxy) is 1. The van der Waals surface area contributed by atoms with Crippen LogP contribution in [-0.4, -0.2) is 84.9 Å². The highest BCUT2D eigenvalue weighted by Crippen LogP contribution is 2.53. The summed E-state index contributed by atoms with van der Waals surface area (Å²) < 4.78 is 12.6. The summed E-state index contributed by atoms with van der Waals surface area (Å²) in [5.41, 5.74) is -0.144. The molecule has 28 heavy (non-hydrogen) atoms. The van der Waals surface area contributed by atoms with Crippen LogP contribution >= 0.6 is 11.8 Å². The minimum Gasteiger partial charge on any atom is -0.468 e. The highest BCUT2D eigenvalue weighted by atomic mass is 32.2. The first kappa shape index (κ1) is 19.4. The molecule has 0 radical (unpaired) electrons. The molecule has 0 aromatic carbocycles. The molecule has 0 aliphatic carbocycles. The Labute approximate surface area is 172 Å². The summed E-state index contributed by atoms with van der Waals surface area (Å²) in [5, 5.41) is 9.18. The number of thioether (sulfide) groups is 1. The largest absolute Gasteiger partial charge is 0.468 e. The number of nitrogens with zero attached hydrogens (tertiary/aromatic N) is 3. The second-order valence-electron chi connectivity index (χ2n) is 8.43. The number of likely N-dealkylation sites (tertiary alicyclic amines) is 1. The number of hydrogen-bond donors (Lipinski definition) is 1. The van der Waals surface area contributed by atoms with E-state index in [4.69, 9.17) is 9.15 Å². The summed E-state index contributed by atoms with van der Waals surface area (Å²) in [6.07, 6.45) is 8.34. The van der Waals surface area contributed by atoms with E-state index in [-0.39, 0.29) is 17.0 Å². The first-order chi connectivity index (χ1) is 13.9. The number of piperidine rings is 1. The quantitative estimate of drug-likeness (QED) is 0.824. The predicted molar refractivity (Wildman–Crippen MR) is 112 cm³/mol. The maximum atomic E-state index is 6.52. The van der Waals surface area contributed by atoms with Crippen LogP contribution in [0.25, 0.3) is 0 Å². The molecule has 1 aromatic rings. The maximum absolute atomic E-state index is 6.52. The van der Waals surface area contributed by atoms with Gasteiger partial charge in [-0.1, -0.05) is 6.42 Å². The van der Waals surface area contributed by atoms with Crippen molar-refractivity contribution in [2.75, 3.05) is 58.2 Å². The SMILES string of the molecule is c1coc(C2SCCN(N3CCNCC3)C2(C2CCCO2)N2CCCCC2)c1. The molecule has 0 spiro atoms. The molecule has 5 rings (SSSR count). The van der Waals surface area contributed by atoms with Gasteiger partial charge in [0.25, 0.3) is 0 Å². The molecular weight excluding hydrogens is 372 g/mol. The van der Waals surface area contributed by atoms with Gasteiger partial charge in [0, 0.05) is 58.2 Å². The molecule has 0 amide bonds. The molecule has 3 unspecified atom stereocenters. The van der Waals surface area contributed by atoms with E-state index in [1.807, 2.05) is 6.26 Å². The number of nitrogens with one attached hydrogen (secondary N) is 1. The molecule has 5 heterocycles. The van der Waals surface area contributed by atoms with Crippen LogP contribution < -0.4 is 5.32 Å². The highest BCUT2D eigenvalue weighted by molar-refractivity contribution is 7.99. The average molecular weight is 407 g/mol. The Hall–Kier alpha value is -0.570. The minimum absolute atomic E-state index is 0.144. The zero-order valence-corrected chi connectivity index (χ0v) is 17.7. The van der Waals surface area contributed by atoms with E-state index in [0.717, 1.165) is 57.3 Å². The molecular formula is C21H34N4O2S. The summed E-state index contributed by atoms with van der Waals surface area (Å²) in [5.74, 6) is 2.25. The van der Waals surface area contributed by atoms with E-state index >= 15 is 0 Å². The summed E-state index contributed by atoms with van der Waals surface area (Å²) in [7, 11) is 0. The summed E-state index contributed by atoms with van der Waals surface area (Å²) in [4.78, 5) is 2.79. The Kier molecular flexibility index (Phi) is 6.00. The first-order valence-corrected chi connectivity index (χ1v) is 12.2. The van der Waals surface area contributed by atoms with Gasteiger partial charge in [-0.15, -0.1) is 11.8 Å². The third kappa shape index (κ3) is 3.34. The molecule has 3 atom stereocenters. The molecule has 1 N–H and O–H groups in total. The maximum Gasteiger partial charge on any atom is 0.133 e. The Balaban J connectivity index is 1.61.